The molecule has 2 aliphatic carbocycles. The minimum atomic E-state index is -4.66. The highest BCUT2D eigenvalue weighted by Crippen LogP contribution is 2.49. The van der Waals surface area contributed by atoms with Crippen LogP contribution in [0.25, 0.3) is 33.7 Å². The van der Waals surface area contributed by atoms with Crippen molar-refractivity contribution in [3.05, 3.63) is 92.0 Å². The number of nitrogens with zero attached hydrogens (tertiary/aromatic N) is 3. The first-order valence-electron chi connectivity index (χ1n) is 19.2. The predicted octanol–water partition coefficient (Wildman–Crippen LogP) is 8.38. The maximum atomic E-state index is 14.8. The summed E-state index contributed by atoms with van der Waals surface area (Å²) in [6.45, 7) is 2.11. The summed E-state index contributed by atoms with van der Waals surface area (Å²) < 4.78 is 62.4. The lowest BCUT2D eigenvalue weighted by molar-refractivity contribution is -0.137. The minimum Gasteiger partial charge on any atom is -0.481 e. The number of aromatic nitrogens is 2. The van der Waals surface area contributed by atoms with Crippen LogP contribution in [0.3, 0.4) is 0 Å². The summed E-state index contributed by atoms with van der Waals surface area (Å²) in [6, 6.07) is 14.6. The van der Waals surface area contributed by atoms with Crippen molar-refractivity contribution in [2.45, 2.75) is 82.0 Å². The molecule has 4 aliphatic rings. The first-order valence-corrected chi connectivity index (χ1v) is 20.0. The van der Waals surface area contributed by atoms with Gasteiger partial charge in [0.15, 0.2) is 5.58 Å². The fourth-order valence-corrected chi connectivity index (χ4v) is 9.62. The van der Waals surface area contributed by atoms with E-state index in [0.717, 1.165) is 28.7 Å². The maximum Gasteiger partial charge on any atom is 0.420 e. The lowest BCUT2D eigenvalue weighted by atomic mass is 9.95. The number of ether oxygens (including phenoxy) is 2. The smallest absolute Gasteiger partial charge is 0.420 e. The molecule has 2 aliphatic heterocycles. The zero-order valence-corrected chi connectivity index (χ0v) is 32.5. The average Bonchev–Trinajstić information content (AvgIpc) is 4.03. The lowest BCUT2D eigenvalue weighted by Crippen LogP contribution is -2.35. The van der Waals surface area contributed by atoms with Gasteiger partial charge < -0.3 is 29.6 Å². The Morgan fingerprint density at radius 1 is 0.965 bits per heavy atom. The number of alkyl halides is 3. The lowest BCUT2D eigenvalue weighted by Gasteiger charge is -2.24. The number of hydrogen-bond donors (Lipinski definition) is 3. The van der Waals surface area contributed by atoms with Crippen molar-refractivity contribution in [3.63, 3.8) is 0 Å². The number of aliphatic hydroxyl groups is 1. The van der Waals surface area contributed by atoms with Crippen molar-refractivity contribution >= 4 is 40.2 Å². The Labute approximate surface area is 336 Å². The molecular formula is C42H40Cl2F3N5O5. The van der Waals surface area contributed by atoms with Crippen LogP contribution >= 0.6 is 23.2 Å². The van der Waals surface area contributed by atoms with Crippen molar-refractivity contribution in [2.24, 2.45) is 0 Å². The SMILES string of the molecule is COc1nc(O[C@H]2CCc3c(-c4cccc(-c5nc6cc7c(c(C(F)(F)F)c6o5)CC[C@H]7N5CC[C@@H](O)C5)c4Cl)cccc32)c(Cl)cc1CNC[C@H]1CCC(=O)N1. The van der Waals surface area contributed by atoms with Crippen LogP contribution in [0.4, 0.5) is 13.2 Å². The van der Waals surface area contributed by atoms with Crippen molar-refractivity contribution in [1.29, 1.82) is 0 Å². The largest absolute Gasteiger partial charge is 0.481 e. The van der Waals surface area contributed by atoms with E-state index in [2.05, 4.69) is 25.5 Å². The van der Waals surface area contributed by atoms with Crippen molar-refractivity contribution in [1.82, 2.24) is 25.5 Å². The molecule has 298 valence electrons. The first kappa shape index (κ1) is 38.1. The van der Waals surface area contributed by atoms with E-state index in [1.165, 1.54) is 7.11 Å². The van der Waals surface area contributed by atoms with E-state index in [1.807, 2.05) is 24.3 Å². The monoisotopic (exact) mass is 821 g/mol. The number of aliphatic hydroxyl groups excluding tert-OH is 1. The fraction of sp³-hybridized carbons (Fsp3) is 0.405. The third-order valence-electron chi connectivity index (χ3n) is 11.7. The van der Waals surface area contributed by atoms with Crippen LogP contribution in [0.2, 0.25) is 10.0 Å². The Kier molecular flexibility index (Phi) is 10.1. The highest BCUT2D eigenvalue weighted by atomic mass is 35.5. The van der Waals surface area contributed by atoms with Crippen LogP contribution in [-0.2, 0) is 30.4 Å². The van der Waals surface area contributed by atoms with Gasteiger partial charge in [0.2, 0.25) is 23.6 Å². The van der Waals surface area contributed by atoms with Gasteiger partial charge in [0.1, 0.15) is 22.2 Å². The van der Waals surface area contributed by atoms with E-state index in [4.69, 9.17) is 37.1 Å². The molecule has 5 aromatic rings. The number of amides is 1. The van der Waals surface area contributed by atoms with Crippen LogP contribution in [-0.4, -0.2) is 64.8 Å². The van der Waals surface area contributed by atoms with E-state index in [0.29, 0.717) is 90.9 Å². The molecule has 57 heavy (non-hydrogen) atoms. The molecular weight excluding hydrogens is 782 g/mol. The van der Waals surface area contributed by atoms with Crippen molar-refractivity contribution in [3.8, 4) is 34.3 Å². The Balaban J connectivity index is 0.990. The quantitative estimate of drug-likeness (QED) is 0.128. The van der Waals surface area contributed by atoms with Gasteiger partial charge in [-0.05, 0) is 84.5 Å². The number of carbonyl (C=O) groups is 1. The summed E-state index contributed by atoms with van der Waals surface area (Å²) in [5, 5.41) is 17.1. The number of halogens is 5. The fourth-order valence-electron chi connectivity index (χ4n) is 9.10. The van der Waals surface area contributed by atoms with E-state index in [9.17, 15) is 23.1 Å². The third-order valence-corrected chi connectivity index (χ3v) is 12.4. The van der Waals surface area contributed by atoms with Gasteiger partial charge in [0.25, 0.3) is 0 Å². The Morgan fingerprint density at radius 2 is 1.75 bits per heavy atom. The molecule has 3 N–H and O–H groups in total. The van der Waals surface area contributed by atoms with Gasteiger partial charge in [-0.2, -0.15) is 18.2 Å². The second-order valence-electron chi connectivity index (χ2n) is 15.2. The summed E-state index contributed by atoms with van der Waals surface area (Å²) >= 11 is 13.8. The first-order chi connectivity index (χ1) is 27.5. The second-order valence-corrected chi connectivity index (χ2v) is 16.0. The summed E-state index contributed by atoms with van der Waals surface area (Å²) in [4.78, 5) is 22.8. The number of likely N-dealkylation sites (tertiary alicyclic amines) is 1. The average molecular weight is 823 g/mol. The van der Waals surface area contributed by atoms with Gasteiger partial charge in [-0.3, -0.25) is 9.69 Å². The highest BCUT2D eigenvalue weighted by Gasteiger charge is 2.43. The van der Waals surface area contributed by atoms with Gasteiger partial charge in [-0.15, -0.1) is 0 Å². The predicted molar refractivity (Wildman–Crippen MR) is 209 cm³/mol. The highest BCUT2D eigenvalue weighted by molar-refractivity contribution is 6.36. The summed E-state index contributed by atoms with van der Waals surface area (Å²) in [6.07, 6.45) is -1.47. The molecule has 15 heteroatoms. The molecule has 10 nitrogen and oxygen atoms in total. The molecule has 2 aromatic heterocycles. The molecule has 2 saturated heterocycles. The van der Waals surface area contributed by atoms with E-state index in [-0.39, 0.29) is 58.9 Å². The van der Waals surface area contributed by atoms with Gasteiger partial charge in [0, 0.05) is 55.8 Å². The van der Waals surface area contributed by atoms with Gasteiger partial charge >= 0.3 is 6.18 Å². The zero-order valence-electron chi connectivity index (χ0n) is 31.0. The topological polar surface area (TPSA) is 122 Å². The van der Waals surface area contributed by atoms with Gasteiger partial charge in [-0.25, -0.2) is 4.98 Å². The number of fused-ring (bicyclic) bond motifs is 3. The molecule has 4 heterocycles. The molecule has 9 rings (SSSR count). The molecule has 3 aromatic carbocycles. The number of carbonyl (C=O) groups excluding carboxylic acids is 1. The van der Waals surface area contributed by atoms with Crippen molar-refractivity contribution < 1.29 is 37.0 Å². The molecule has 0 bridgehead atoms. The zero-order chi connectivity index (χ0) is 39.6. The normalized spacial score (nSPS) is 22.0. The molecule has 2 fully saturated rings. The van der Waals surface area contributed by atoms with Gasteiger partial charge in [0.05, 0.1) is 23.8 Å². The van der Waals surface area contributed by atoms with E-state index >= 15 is 0 Å². The number of β-amino-alcohol motifs (C(OH)–C–C–N with tert-alkyl or cyclic N) is 1. The van der Waals surface area contributed by atoms with Crippen LogP contribution < -0.4 is 20.1 Å². The number of hydrogen-bond acceptors (Lipinski definition) is 9. The Morgan fingerprint density at radius 3 is 2.51 bits per heavy atom. The Hall–Kier alpha value is -4.40. The molecule has 0 spiro atoms. The molecule has 4 atom stereocenters. The minimum absolute atomic E-state index is 0.00608. The number of benzene rings is 3. The second kappa shape index (κ2) is 15.1. The summed E-state index contributed by atoms with van der Waals surface area (Å²) in [7, 11) is 1.54. The summed E-state index contributed by atoms with van der Waals surface area (Å²) in [5.74, 6) is 0.691. The number of pyridine rings is 1. The van der Waals surface area contributed by atoms with Crippen LogP contribution in [0.15, 0.2) is 52.9 Å². The van der Waals surface area contributed by atoms with Gasteiger partial charge in [-0.1, -0.05) is 53.5 Å². The van der Waals surface area contributed by atoms with E-state index in [1.54, 1.807) is 24.3 Å². The molecule has 0 unspecified atom stereocenters. The number of methoxy groups -OCH3 is 1. The Bertz CT molecular complexity index is 2390. The van der Waals surface area contributed by atoms with Crippen LogP contribution in [0, 0.1) is 0 Å². The summed E-state index contributed by atoms with van der Waals surface area (Å²) in [5.41, 5.74) is 4.52. The maximum absolute atomic E-state index is 14.8. The standard InChI is InChI=1S/C42H40Cl2F3N5O5/c1-55-39-21(18-48-19-22-8-13-35(54)49-22)16-31(43)41(51-39)56-34-12-10-25-24(4-2-5-26(25)34)28-6-3-7-29(37(28)44)40-50-32-17-30-27(36(38(32)57-40)42(45,46)47)9-11-33(30)52-15-14-23(53)20-52/h2-7,16-17,22-23,33-34,48,53H,8-15,18-20H2,1H3,(H,49,54)/t22-,23-,33-,34+/m1/s1. The third kappa shape index (κ3) is 7.11. The van der Waals surface area contributed by atoms with Crippen molar-refractivity contribution in [2.75, 3.05) is 26.7 Å². The molecule has 0 radical (unpaired) electrons. The van der Waals surface area contributed by atoms with Crippen LogP contribution in [0.1, 0.15) is 77.6 Å². The van der Waals surface area contributed by atoms with E-state index < -0.39 is 17.8 Å². The number of oxazole rings is 1. The van der Waals surface area contributed by atoms with Crippen LogP contribution in [0.5, 0.6) is 11.8 Å². The number of rotatable bonds is 10. The number of nitrogens with one attached hydrogen (secondary N) is 2. The molecule has 1 amide bonds. The molecule has 0 saturated carbocycles.